The van der Waals surface area contributed by atoms with Crippen LogP contribution in [0.15, 0.2) is 47.5 Å². The highest BCUT2D eigenvalue weighted by molar-refractivity contribution is 5.89. The number of halogens is 5. The number of alkyl halides is 3. The Balaban J connectivity index is 1.55. The Morgan fingerprint density at radius 3 is 2.59 bits per heavy atom. The van der Waals surface area contributed by atoms with Crippen molar-refractivity contribution in [2.24, 2.45) is 5.92 Å². The average Bonchev–Trinajstić information content (AvgIpc) is 3.65. The molecular formula is C28H23F5N4. The van der Waals surface area contributed by atoms with Gasteiger partial charge in [0.25, 0.3) is 0 Å². The highest BCUT2D eigenvalue weighted by Crippen LogP contribution is 2.58. The summed E-state index contributed by atoms with van der Waals surface area (Å²) in [6.45, 7) is 4.19. The molecule has 3 aromatic rings. The van der Waals surface area contributed by atoms with Gasteiger partial charge < -0.3 is 10.6 Å². The molecule has 2 heterocycles. The molecule has 9 heteroatoms. The van der Waals surface area contributed by atoms with Gasteiger partial charge in [-0.05, 0) is 55.4 Å². The van der Waals surface area contributed by atoms with Gasteiger partial charge in [0, 0.05) is 35.0 Å². The molecule has 4 nitrogen and oxygen atoms in total. The van der Waals surface area contributed by atoms with Gasteiger partial charge >= 0.3 is 6.18 Å². The standard InChI is InChI=1S/C28H23F5N4/c1-3-14-8-22-23(18-11-17(14)18)27(37-26(35-22)16-6-4-5-7-20(16)28(31,32)33)36-24-13(2)12-34-25-19(24)9-15(29)10-21(25)30/h4-10,17-18,34H,3,11-12H2,1-2H3,(H,35,36,37). The second kappa shape index (κ2) is 8.39. The smallest absolute Gasteiger partial charge is 0.378 e. The molecule has 3 aliphatic rings. The number of nitrogens with one attached hydrogen (secondary N) is 2. The first-order chi connectivity index (χ1) is 17.7. The Labute approximate surface area is 210 Å². The highest BCUT2D eigenvalue weighted by atomic mass is 19.4. The first-order valence-corrected chi connectivity index (χ1v) is 12.1. The lowest BCUT2D eigenvalue weighted by Crippen LogP contribution is -2.20. The third-order valence-electron chi connectivity index (χ3n) is 7.34. The summed E-state index contributed by atoms with van der Waals surface area (Å²) in [5.74, 6) is -0.644. The fraction of sp³-hybridized carbons (Fsp3) is 0.286. The van der Waals surface area contributed by atoms with Crippen LogP contribution in [0.2, 0.25) is 0 Å². The first kappa shape index (κ1) is 23.6. The van der Waals surface area contributed by atoms with Crippen LogP contribution in [0.25, 0.3) is 23.2 Å². The molecule has 190 valence electrons. The average molecular weight is 511 g/mol. The van der Waals surface area contributed by atoms with Gasteiger partial charge in [0.1, 0.15) is 17.5 Å². The Morgan fingerprint density at radius 2 is 1.84 bits per heavy atom. The molecule has 0 radical (unpaired) electrons. The van der Waals surface area contributed by atoms with Crippen LogP contribution in [0.1, 0.15) is 55.0 Å². The van der Waals surface area contributed by atoms with Crippen molar-refractivity contribution in [2.75, 3.05) is 17.2 Å². The minimum absolute atomic E-state index is 0.0576. The Hall–Kier alpha value is -3.75. The number of benzene rings is 2. The van der Waals surface area contributed by atoms with E-state index in [2.05, 4.69) is 27.5 Å². The zero-order valence-corrected chi connectivity index (χ0v) is 20.1. The van der Waals surface area contributed by atoms with E-state index in [1.807, 2.05) is 13.0 Å². The molecule has 6 rings (SSSR count). The summed E-state index contributed by atoms with van der Waals surface area (Å²) >= 11 is 0. The lowest BCUT2D eigenvalue weighted by Gasteiger charge is -2.26. The molecule has 0 amide bonds. The zero-order chi connectivity index (χ0) is 26.1. The Kier molecular flexibility index (Phi) is 5.36. The van der Waals surface area contributed by atoms with Gasteiger partial charge in [0.2, 0.25) is 0 Å². The van der Waals surface area contributed by atoms with Crippen LogP contribution in [0, 0.1) is 17.6 Å². The van der Waals surface area contributed by atoms with E-state index in [1.54, 1.807) is 0 Å². The number of rotatable bonds is 4. The van der Waals surface area contributed by atoms with Gasteiger partial charge in [-0.1, -0.05) is 30.7 Å². The molecule has 1 saturated carbocycles. The van der Waals surface area contributed by atoms with Crippen LogP contribution in [0.4, 0.5) is 33.5 Å². The molecule has 2 unspecified atom stereocenters. The maximum atomic E-state index is 14.5. The minimum Gasteiger partial charge on any atom is -0.378 e. The number of nitrogens with zero attached hydrogens (tertiary/aromatic N) is 2. The number of hydrogen-bond donors (Lipinski definition) is 2. The normalized spacial score (nSPS) is 19.9. The molecule has 1 aliphatic heterocycles. The van der Waals surface area contributed by atoms with Crippen LogP contribution < -0.4 is 10.6 Å². The van der Waals surface area contributed by atoms with E-state index in [0.29, 0.717) is 35.2 Å². The van der Waals surface area contributed by atoms with E-state index >= 15 is 0 Å². The van der Waals surface area contributed by atoms with Crippen molar-refractivity contribution in [3.63, 3.8) is 0 Å². The Bertz CT molecular complexity index is 1510. The van der Waals surface area contributed by atoms with Gasteiger partial charge in [-0.25, -0.2) is 18.7 Å². The number of hydrogen-bond acceptors (Lipinski definition) is 4. The summed E-state index contributed by atoms with van der Waals surface area (Å²) in [5.41, 5.74) is 3.40. The molecule has 0 spiro atoms. The van der Waals surface area contributed by atoms with Crippen LogP contribution in [0.5, 0.6) is 0 Å². The van der Waals surface area contributed by atoms with Gasteiger partial charge in [-0.15, -0.1) is 0 Å². The second-order valence-corrected chi connectivity index (χ2v) is 9.70. The lowest BCUT2D eigenvalue weighted by atomic mass is 9.93. The molecule has 2 N–H and O–H groups in total. The van der Waals surface area contributed by atoms with E-state index in [0.717, 1.165) is 36.1 Å². The van der Waals surface area contributed by atoms with Gasteiger partial charge in [0.05, 0.1) is 16.9 Å². The topological polar surface area (TPSA) is 49.8 Å². The summed E-state index contributed by atoms with van der Waals surface area (Å²) in [6, 6.07) is 7.27. The fourth-order valence-corrected chi connectivity index (χ4v) is 5.46. The van der Waals surface area contributed by atoms with Crippen molar-refractivity contribution in [1.82, 2.24) is 9.97 Å². The summed E-state index contributed by atoms with van der Waals surface area (Å²) < 4.78 is 70.3. The van der Waals surface area contributed by atoms with Crippen LogP contribution in [-0.4, -0.2) is 16.5 Å². The van der Waals surface area contributed by atoms with Crippen molar-refractivity contribution in [3.05, 3.63) is 81.6 Å². The lowest BCUT2D eigenvalue weighted by molar-refractivity contribution is -0.137. The van der Waals surface area contributed by atoms with Crippen molar-refractivity contribution in [1.29, 1.82) is 0 Å². The third-order valence-corrected chi connectivity index (χ3v) is 7.34. The summed E-state index contributed by atoms with van der Waals surface area (Å²) in [7, 11) is 0. The second-order valence-electron chi connectivity index (χ2n) is 9.70. The van der Waals surface area contributed by atoms with E-state index in [4.69, 9.17) is 0 Å². The van der Waals surface area contributed by atoms with E-state index in [-0.39, 0.29) is 23.0 Å². The van der Waals surface area contributed by atoms with Crippen LogP contribution >= 0.6 is 0 Å². The van der Waals surface area contributed by atoms with Crippen molar-refractivity contribution >= 4 is 23.3 Å². The monoisotopic (exact) mass is 510 g/mol. The first-order valence-electron chi connectivity index (χ1n) is 12.1. The number of allylic oxidation sites excluding steroid dienone is 1. The van der Waals surface area contributed by atoms with Crippen molar-refractivity contribution in [3.8, 4) is 11.4 Å². The molecule has 2 atom stereocenters. The van der Waals surface area contributed by atoms with E-state index in [1.165, 1.54) is 29.8 Å². The summed E-state index contributed by atoms with van der Waals surface area (Å²) in [5, 5.41) is 6.24. The van der Waals surface area contributed by atoms with E-state index in [9.17, 15) is 22.0 Å². The Morgan fingerprint density at radius 1 is 1.05 bits per heavy atom. The van der Waals surface area contributed by atoms with Gasteiger partial charge in [0.15, 0.2) is 5.82 Å². The van der Waals surface area contributed by atoms with Crippen molar-refractivity contribution < 1.29 is 22.0 Å². The summed E-state index contributed by atoms with van der Waals surface area (Å²) in [4.78, 5) is 9.21. The molecule has 1 aromatic heterocycles. The quantitative estimate of drug-likeness (QED) is 0.355. The number of aromatic nitrogens is 2. The minimum atomic E-state index is -4.59. The predicted octanol–water partition coefficient (Wildman–Crippen LogP) is 7.62. The van der Waals surface area contributed by atoms with E-state index < -0.39 is 23.4 Å². The van der Waals surface area contributed by atoms with Crippen LogP contribution in [-0.2, 0) is 6.18 Å². The molecule has 2 aromatic carbocycles. The van der Waals surface area contributed by atoms with Gasteiger partial charge in [-0.2, -0.15) is 13.2 Å². The predicted molar refractivity (Wildman–Crippen MR) is 133 cm³/mol. The SMILES string of the molecule is CCC1=Cc2nc(-c3ccccc3C(F)(F)F)nc(NC3=C(C)CNc4c(F)cc(F)cc43)c2C2CC12. The largest absolute Gasteiger partial charge is 0.417 e. The highest BCUT2D eigenvalue weighted by Gasteiger charge is 2.46. The summed E-state index contributed by atoms with van der Waals surface area (Å²) in [6.07, 6.45) is -0.906. The zero-order valence-electron chi connectivity index (χ0n) is 20.1. The molecule has 0 bridgehead atoms. The number of fused-ring (bicyclic) bond motifs is 4. The van der Waals surface area contributed by atoms with Gasteiger partial charge in [-0.3, -0.25) is 0 Å². The molecule has 0 saturated heterocycles. The van der Waals surface area contributed by atoms with Crippen LogP contribution in [0.3, 0.4) is 0 Å². The van der Waals surface area contributed by atoms with Crippen molar-refractivity contribution in [2.45, 2.75) is 38.8 Å². The maximum absolute atomic E-state index is 14.5. The molecule has 2 aliphatic carbocycles. The maximum Gasteiger partial charge on any atom is 0.417 e. The number of anilines is 2. The molecule has 37 heavy (non-hydrogen) atoms. The molecular weight excluding hydrogens is 487 g/mol. The fourth-order valence-electron chi connectivity index (χ4n) is 5.46. The molecule has 1 fully saturated rings. The third kappa shape index (κ3) is 3.97.